The van der Waals surface area contributed by atoms with Crippen LogP contribution in [0, 0.1) is 17.7 Å². The van der Waals surface area contributed by atoms with Crippen LogP contribution in [0.3, 0.4) is 0 Å². The van der Waals surface area contributed by atoms with Crippen LogP contribution >= 0.6 is 11.6 Å². The monoisotopic (exact) mass is 532 g/mol. The molecular weight excluding hydrogens is 487 g/mol. The average molecular weight is 533 g/mol. The highest BCUT2D eigenvalue weighted by molar-refractivity contribution is 6.30. The first-order valence-electron chi connectivity index (χ1n) is 15.2. The molecule has 0 saturated heterocycles. The second kappa shape index (κ2) is 15.5. The van der Waals surface area contributed by atoms with Gasteiger partial charge in [0.15, 0.2) is 0 Å². The Balaban J connectivity index is 1.12. The normalized spacial score (nSPS) is 17.6. The first-order valence-corrected chi connectivity index (χ1v) is 15.6. The van der Waals surface area contributed by atoms with Gasteiger partial charge in [0.1, 0.15) is 5.82 Å². The van der Waals surface area contributed by atoms with Gasteiger partial charge in [0.05, 0.1) is 0 Å². The van der Waals surface area contributed by atoms with Gasteiger partial charge in [-0.05, 0) is 109 Å². The van der Waals surface area contributed by atoms with Crippen LogP contribution in [0.2, 0.25) is 5.02 Å². The summed E-state index contributed by atoms with van der Waals surface area (Å²) in [5, 5.41) is 0.742. The van der Waals surface area contributed by atoms with Crippen molar-refractivity contribution in [2.75, 3.05) is 0 Å². The molecule has 1 saturated carbocycles. The van der Waals surface area contributed by atoms with E-state index in [4.69, 9.17) is 11.6 Å². The summed E-state index contributed by atoms with van der Waals surface area (Å²) in [5.41, 5.74) is 6.15. The van der Waals surface area contributed by atoms with Gasteiger partial charge < -0.3 is 0 Å². The molecule has 38 heavy (non-hydrogen) atoms. The van der Waals surface area contributed by atoms with E-state index in [1.54, 1.807) is 6.07 Å². The van der Waals surface area contributed by atoms with Crippen molar-refractivity contribution < 1.29 is 4.39 Å². The Labute approximate surface area is 236 Å². The third-order valence-electron chi connectivity index (χ3n) is 8.70. The van der Waals surface area contributed by atoms with Gasteiger partial charge >= 0.3 is 0 Å². The average Bonchev–Trinajstić information content (AvgIpc) is 2.95. The lowest BCUT2D eigenvalue weighted by atomic mass is 9.77. The number of rotatable bonds is 14. The van der Waals surface area contributed by atoms with Crippen LogP contribution in [0.15, 0.2) is 66.7 Å². The standard InChI is InChI=1S/C36H46ClF/c1-2-3-4-5-6-28-7-9-29(10-8-28)11-12-30-13-15-31(16-14-30)17-18-33-20-24-34(36(38)27-33)23-19-32-21-25-35(37)26-22-32/h7-10,20-22,24-27,30-31H,2-6,11-19,23H2,1H3. The third-order valence-corrected chi connectivity index (χ3v) is 8.96. The molecular formula is C36H46ClF. The largest absolute Gasteiger partial charge is 0.207 e. The van der Waals surface area contributed by atoms with Crippen LogP contribution in [0.1, 0.15) is 98.9 Å². The highest BCUT2D eigenvalue weighted by Crippen LogP contribution is 2.34. The minimum Gasteiger partial charge on any atom is -0.207 e. The molecule has 3 aromatic carbocycles. The summed E-state index contributed by atoms with van der Waals surface area (Å²) in [6.45, 7) is 2.27. The molecule has 0 atom stereocenters. The third kappa shape index (κ3) is 9.57. The molecule has 0 aromatic heterocycles. The molecule has 0 bridgehead atoms. The van der Waals surface area contributed by atoms with E-state index in [9.17, 15) is 4.39 Å². The van der Waals surface area contributed by atoms with Crippen molar-refractivity contribution in [3.8, 4) is 0 Å². The van der Waals surface area contributed by atoms with E-state index >= 15 is 0 Å². The molecule has 0 nitrogen and oxygen atoms in total. The maximum atomic E-state index is 14.7. The lowest BCUT2D eigenvalue weighted by Crippen LogP contribution is -2.16. The van der Waals surface area contributed by atoms with Crippen LogP contribution in [0.25, 0.3) is 0 Å². The molecule has 0 unspecified atom stereocenters. The van der Waals surface area contributed by atoms with E-state index in [1.807, 2.05) is 30.3 Å². The first kappa shape index (κ1) is 28.9. The molecule has 3 aromatic rings. The molecule has 1 fully saturated rings. The van der Waals surface area contributed by atoms with Crippen molar-refractivity contribution in [1.82, 2.24) is 0 Å². The predicted octanol–water partition coefficient (Wildman–Crippen LogP) is 10.8. The molecule has 0 spiro atoms. The molecule has 0 heterocycles. The van der Waals surface area contributed by atoms with Crippen molar-refractivity contribution in [2.24, 2.45) is 11.8 Å². The van der Waals surface area contributed by atoms with Gasteiger partial charge in [-0.2, -0.15) is 0 Å². The molecule has 1 aliphatic carbocycles. The Kier molecular flexibility index (Phi) is 11.8. The Morgan fingerprint density at radius 2 is 1.13 bits per heavy atom. The van der Waals surface area contributed by atoms with Crippen LogP contribution in [-0.2, 0) is 32.1 Å². The summed E-state index contributed by atoms with van der Waals surface area (Å²) in [5.74, 6) is 1.62. The molecule has 4 rings (SSSR count). The van der Waals surface area contributed by atoms with Gasteiger partial charge in [-0.3, -0.25) is 0 Å². The van der Waals surface area contributed by atoms with Gasteiger partial charge in [0.25, 0.3) is 0 Å². The smallest absolute Gasteiger partial charge is 0.126 e. The zero-order chi connectivity index (χ0) is 26.6. The molecule has 1 aliphatic rings. The van der Waals surface area contributed by atoms with Crippen molar-refractivity contribution in [1.29, 1.82) is 0 Å². The van der Waals surface area contributed by atoms with Crippen LogP contribution in [0.4, 0.5) is 4.39 Å². The fourth-order valence-electron chi connectivity index (χ4n) is 6.06. The van der Waals surface area contributed by atoms with Gasteiger partial charge in [-0.15, -0.1) is 0 Å². The molecule has 2 heteroatoms. The summed E-state index contributed by atoms with van der Waals surface area (Å²) in [6.07, 6.45) is 18.2. The quantitative estimate of drug-likeness (QED) is 0.181. The Bertz CT molecular complexity index is 1080. The van der Waals surface area contributed by atoms with Gasteiger partial charge in [0, 0.05) is 5.02 Å². The predicted molar refractivity (Wildman–Crippen MR) is 162 cm³/mol. The van der Waals surface area contributed by atoms with Crippen LogP contribution in [-0.4, -0.2) is 0 Å². The number of unbranched alkanes of at least 4 members (excludes halogenated alkanes) is 3. The minimum absolute atomic E-state index is 0.0512. The molecule has 0 aliphatic heterocycles. The Morgan fingerprint density at radius 3 is 1.74 bits per heavy atom. The molecule has 0 amide bonds. The number of aryl methyl sites for hydroxylation is 5. The molecule has 0 N–H and O–H groups in total. The summed E-state index contributed by atoms with van der Waals surface area (Å²) in [7, 11) is 0. The van der Waals surface area contributed by atoms with E-state index in [0.717, 1.165) is 47.2 Å². The van der Waals surface area contributed by atoms with Gasteiger partial charge in [-0.25, -0.2) is 4.39 Å². The molecule has 204 valence electrons. The van der Waals surface area contributed by atoms with E-state index in [2.05, 4.69) is 37.3 Å². The maximum Gasteiger partial charge on any atom is 0.126 e. The van der Waals surface area contributed by atoms with Crippen molar-refractivity contribution in [2.45, 2.75) is 103 Å². The number of hydrogen-bond donors (Lipinski definition) is 0. The second-order valence-electron chi connectivity index (χ2n) is 11.6. The fraction of sp³-hybridized carbons (Fsp3) is 0.500. The number of hydrogen-bond acceptors (Lipinski definition) is 0. The topological polar surface area (TPSA) is 0 Å². The Hall–Kier alpha value is -2.12. The highest BCUT2D eigenvalue weighted by atomic mass is 35.5. The lowest BCUT2D eigenvalue weighted by Gasteiger charge is -2.28. The molecule has 0 radical (unpaired) electrons. The summed E-state index contributed by atoms with van der Waals surface area (Å²) >= 11 is 5.96. The summed E-state index contributed by atoms with van der Waals surface area (Å²) in [4.78, 5) is 0. The van der Waals surface area contributed by atoms with Crippen molar-refractivity contribution in [3.63, 3.8) is 0 Å². The number of benzene rings is 3. The van der Waals surface area contributed by atoms with Crippen LogP contribution in [0.5, 0.6) is 0 Å². The van der Waals surface area contributed by atoms with E-state index < -0.39 is 0 Å². The van der Waals surface area contributed by atoms with Crippen LogP contribution < -0.4 is 0 Å². The van der Waals surface area contributed by atoms with Crippen molar-refractivity contribution >= 4 is 11.6 Å². The van der Waals surface area contributed by atoms with Gasteiger partial charge in [-0.1, -0.05) is 112 Å². The van der Waals surface area contributed by atoms with E-state index in [0.29, 0.717) is 0 Å². The summed E-state index contributed by atoms with van der Waals surface area (Å²) < 4.78 is 14.7. The Morgan fingerprint density at radius 1 is 0.605 bits per heavy atom. The second-order valence-corrected chi connectivity index (χ2v) is 12.1. The first-order chi connectivity index (χ1) is 18.6. The van der Waals surface area contributed by atoms with E-state index in [1.165, 1.54) is 93.7 Å². The van der Waals surface area contributed by atoms with E-state index in [-0.39, 0.29) is 5.82 Å². The summed E-state index contributed by atoms with van der Waals surface area (Å²) in [6, 6.07) is 23.2. The zero-order valence-electron chi connectivity index (χ0n) is 23.4. The SMILES string of the molecule is CCCCCCc1ccc(CCC2CCC(CCc3ccc(CCc4ccc(Cl)cc4)c(F)c3)CC2)cc1. The lowest BCUT2D eigenvalue weighted by molar-refractivity contribution is 0.253. The van der Waals surface area contributed by atoms with Crippen molar-refractivity contribution in [3.05, 3.63) is 105 Å². The maximum absolute atomic E-state index is 14.7. The van der Waals surface area contributed by atoms with Gasteiger partial charge in [0.2, 0.25) is 0 Å². The highest BCUT2D eigenvalue weighted by Gasteiger charge is 2.21. The minimum atomic E-state index is -0.0512. The zero-order valence-corrected chi connectivity index (χ0v) is 24.1. The number of halogens is 2. The fourth-order valence-corrected chi connectivity index (χ4v) is 6.18.